The van der Waals surface area contributed by atoms with Crippen molar-refractivity contribution in [2.75, 3.05) is 0 Å². The molecule has 3 aromatic rings. The van der Waals surface area contributed by atoms with Crippen LogP contribution in [-0.2, 0) is 0 Å². The summed E-state index contributed by atoms with van der Waals surface area (Å²) in [5.74, 6) is 0. The second kappa shape index (κ2) is 3.49. The fourth-order valence-electron chi connectivity index (χ4n) is 1.96. The molecule has 78 valence electrons. The monoisotopic (exact) mass is 208 g/mol. The molecule has 2 aromatic carbocycles. The quantitative estimate of drug-likeness (QED) is 0.599. The third kappa shape index (κ3) is 1.39. The summed E-state index contributed by atoms with van der Waals surface area (Å²) in [7, 11) is 0. The SMILES string of the molecule is Cc1ccn(-c2cccc3ccccc23)n1. The van der Waals surface area contributed by atoms with E-state index in [0.717, 1.165) is 11.4 Å². The standard InChI is InChI=1S/C14H12N2/c1-11-9-10-16(15-11)14-8-4-6-12-5-2-3-7-13(12)14/h2-10H,1H3. The van der Waals surface area contributed by atoms with Crippen LogP contribution in [0.2, 0.25) is 0 Å². The molecule has 0 atom stereocenters. The van der Waals surface area contributed by atoms with Gasteiger partial charge in [0.2, 0.25) is 0 Å². The largest absolute Gasteiger partial charge is 0.240 e. The zero-order valence-corrected chi connectivity index (χ0v) is 9.09. The molecule has 2 nitrogen and oxygen atoms in total. The first-order valence-corrected chi connectivity index (χ1v) is 5.35. The molecule has 0 fully saturated rings. The lowest BCUT2D eigenvalue weighted by Crippen LogP contribution is -1.95. The van der Waals surface area contributed by atoms with Crippen LogP contribution in [0.25, 0.3) is 16.5 Å². The topological polar surface area (TPSA) is 17.8 Å². The first-order valence-electron chi connectivity index (χ1n) is 5.35. The lowest BCUT2D eigenvalue weighted by atomic mass is 10.1. The van der Waals surface area contributed by atoms with Gasteiger partial charge in [-0.05, 0) is 24.4 Å². The van der Waals surface area contributed by atoms with Crippen molar-refractivity contribution in [1.29, 1.82) is 0 Å². The summed E-state index contributed by atoms with van der Waals surface area (Å²) in [4.78, 5) is 0. The molecular formula is C14H12N2. The Morgan fingerprint density at radius 3 is 2.56 bits per heavy atom. The Morgan fingerprint density at radius 2 is 1.75 bits per heavy atom. The van der Waals surface area contributed by atoms with Crippen molar-refractivity contribution in [3.63, 3.8) is 0 Å². The zero-order valence-electron chi connectivity index (χ0n) is 9.09. The molecule has 0 aliphatic heterocycles. The van der Waals surface area contributed by atoms with Crippen molar-refractivity contribution < 1.29 is 0 Å². The van der Waals surface area contributed by atoms with Crippen molar-refractivity contribution in [2.45, 2.75) is 6.92 Å². The van der Waals surface area contributed by atoms with E-state index in [1.165, 1.54) is 10.8 Å². The number of hydrogen-bond acceptors (Lipinski definition) is 1. The molecular weight excluding hydrogens is 196 g/mol. The maximum absolute atomic E-state index is 4.45. The molecule has 0 radical (unpaired) electrons. The number of hydrogen-bond donors (Lipinski definition) is 0. The minimum absolute atomic E-state index is 1.04. The zero-order chi connectivity index (χ0) is 11.0. The Hall–Kier alpha value is -2.09. The molecule has 0 aliphatic carbocycles. The highest BCUT2D eigenvalue weighted by molar-refractivity contribution is 5.89. The van der Waals surface area contributed by atoms with Crippen LogP contribution in [0.3, 0.4) is 0 Å². The third-order valence-electron chi connectivity index (χ3n) is 2.74. The molecule has 16 heavy (non-hydrogen) atoms. The maximum Gasteiger partial charge on any atom is 0.0723 e. The van der Waals surface area contributed by atoms with Gasteiger partial charge in [0.15, 0.2) is 0 Å². The van der Waals surface area contributed by atoms with Crippen LogP contribution in [0.5, 0.6) is 0 Å². The minimum atomic E-state index is 1.04. The van der Waals surface area contributed by atoms with Crippen LogP contribution >= 0.6 is 0 Å². The first-order chi connectivity index (χ1) is 7.84. The van der Waals surface area contributed by atoms with Gasteiger partial charge < -0.3 is 0 Å². The summed E-state index contributed by atoms with van der Waals surface area (Å²) in [5, 5.41) is 6.92. The van der Waals surface area contributed by atoms with Crippen LogP contribution in [0.4, 0.5) is 0 Å². The van der Waals surface area contributed by atoms with E-state index in [4.69, 9.17) is 0 Å². The van der Waals surface area contributed by atoms with Crippen LogP contribution in [0.15, 0.2) is 54.7 Å². The van der Waals surface area contributed by atoms with Crippen molar-refractivity contribution in [3.8, 4) is 5.69 Å². The summed E-state index contributed by atoms with van der Waals surface area (Å²) in [6.07, 6.45) is 2.00. The van der Waals surface area contributed by atoms with E-state index in [1.807, 2.05) is 23.9 Å². The normalized spacial score (nSPS) is 10.8. The van der Waals surface area contributed by atoms with E-state index < -0.39 is 0 Å². The van der Waals surface area contributed by atoms with Gasteiger partial charge >= 0.3 is 0 Å². The lowest BCUT2D eigenvalue weighted by molar-refractivity contribution is 0.869. The van der Waals surface area contributed by atoms with Gasteiger partial charge in [0, 0.05) is 11.6 Å². The molecule has 0 saturated carbocycles. The van der Waals surface area contributed by atoms with Crippen molar-refractivity contribution >= 4 is 10.8 Å². The Morgan fingerprint density at radius 1 is 0.938 bits per heavy atom. The van der Waals surface area contributed by atoms with Crippen LogP contribution in [0, 0.1) is 6.92 Å². The van der Waals surface area contributed by atoms with Crippen LogP contribution in [-0.4, -0.2) is 9.78 Å². The third-order valence-corrected chi connectivity index (χ3v) is 2.74. The Balaban J connectivity index is 2.31. The highest BCUT2D eigenvalue weighted by Crippen LogP contribution is 2.21. The number of nitrogens with zero attached hydrogens (tertiary/aromatic N) is 2. The van der Waals surface area contributed by atoms with Gasteiger partial charge in [0.05, 0.1) is 11.4 Å². The second-order valence-corrected chi connectivity index (χ2v) is 3.90. The molecule has 2 heteroatoms. The lowest BCUT2D eigenvalue weighted by Gasteiger charge is -2.05. The number of rotatable bonds is 1. The molecule has 1 heterocycles. The van der Waals surface area contributed by atoms with Gasteiger partial charge in [0.1, 0.15) is 0 Å². The van der Waals surface area contributed by atoms with E-state index in [-0.39, 0.29) is 0 Å². The number of aryl methyl sites for hydroxylation is 1. The average molecular weight is 208 g/mol. The first kappa shape index (κ1) is 9.16. The molecule has 0 unspecified atom stereocenters. The highest BCUT2D eigenvalue weighted by Gasteiger charge is 2.02. The number of aromatic nitrogens is 2. The van der Waals surface area contributed by atoms with E-state index in [0.29, 0.717) is 0 Å². The smallest absolute Gasteiger partial charge is 0.0723 e. The molecule has 3 rings (SSSR count). The molecule has 0 saturated heterocycles. The van der Waals surface area contributed by atoms with E-state index in [9.17, 15) is 0 Å². The molecule has 0 amide bonds. The molecule has 0 aliphatic rings. The van der Waals surface area contributed by atoms with Gasteiger partial charge in [-0.25, -0.2) is 4.68 Å². The predicted molar refractivity (Wildman–Crippen MR) is 65.8 cm³/mol. The van der Waals surface area contributed by atoms with Crippen LogP contribution in [0.1, 0.15) is 5.69 Å². The Labute approximate surface area is 94.1 Å². The molecule has 0 bridgehead atoms. The molecule has 1 aromatic heterocycles. The van der Waals surface area contributed by atoms with Crippen molar-refractivity contribution in [1.82, 2.24) is 9.78 Å². The summed E-state index contributed by atoms with van der Waals surface area (Å²) >= 11 is 0. The summed E-state index contributed by atoms with van der Waals surface area (Å²) in [6.45, 7) is 2.00. The maximum atomic E-state index is 4.45. The number of fused-ring (bicyclic) bond motifs is 1. The fraction of sp³-hybridized carbons (Fsp3) is 0.0714. The van der Waals surface area contributed by atoms with Gasteiger partial charge in [-0.3, -0.25) is 0 Å². The van der Waals surface area contributed by atoms with Crippen molar-refractivity contribution in [2.24, 2.45) is 0 Å². The van der Waals surface area contributed by atoms with Gasteiger partial charge in [-0.15, -0.1) is 0 Å². The van der Waals surface area contributed by atoms with Gasteiger partial charge in [-0.2, -0.15) is 5.10 Å². The van der Waals surface area contributed by atoms with E-state index in [2.05, 4.69) is 47.6 Å². The van der Waals surface area contributed by atoms with E-state index in [1.54, 1.807) is 0 Å². The predicted octanol–water partition coefficient (Wildman–Crippen LogP) is 3.33. The Kier molecular flexibility index (Phi) is 2.00. The molecule has 0 N–H and O–H groups in total. The second-order valence-electron chi connectivity index (χ2n) is 3.90. The van der Waals surface area contributed by atoms with Gasteiger partial charge in [0.25, 0.3) is 0 Å². The number of benzene rings is 2. The average Bonchev–Trinajstić information content (AvgIpc) is 2.75. The summed E-state index contributed by atoms with van der Waals surface area (Å²) in [6, 6.07) is 16.7. The van der Waals surface area contributed by atoms with Gasteiger partial charge in [-0.1, -0.05) is 36.4 Å². The minimum Gasteiger partial charge on any atom is -0.240 e. The van der Waals surface area contributed by atoms with E-state index >= 15 is 0 Å². The van der Waals surface area contributed by atoms with Crippen LogP contribution < -0.4 is 0 Å². The summed E-state index contributed by atoms with van der Waals surface area (Å²) < 4.78 is 1.93. The molecule has 0 spiro atoms. The Bertz CT molecular complexity index is 633. The van der Waals surface area contributed by atoms with Crippen molar-refractivity contribution in [3.05, 3.63) is 60.4 Å². The highest BCUT2D eigenvalue weighted by atomic mass is 15.3. The fourth-order valence-corrected chi connectivity index (χ4v) is 1.96. The summed E-state index contributed by atoms with van der Waals surface area (Å²) in [5.41, 5.74) is 2.17.